The van der Waals surface area contributed by atoms with Gasteiger partial charge in [0.1, 0.15) is 5.82 Å². The van der Waals surface area contributed by atoms with Gasteiger partial charge in [-0.15, -0.1) is 10.2 Å². The van der Waals surface area contributed by atoms with Gasteiger partial charge in [0.15, 0.2) is 16.7 Å². The highest BCUT2D eigenvalue weighted by atomic mass is 32.2. The molecule has 2 aliphatic heterocycles. The predicted molar refractivity (Wildman–Crippen MR) is 111 cm³/mol. The molecule has 156 valence electrons. The highest BCUT2D eigenvalue weighted by Crippen LogP contribution is 2.33. The first-order chi connectivity index (χ1) is 14.1. The molecule has 8 heteroatoms. The Balaban J connectivity index is 1.42. The van der Waals surface area contributed by atoms with Crippen molar-refractivity contribution in [2.45, 2.75) is 70.2 Å². The Morgan fingerprint density at radius 1 is 1.17 bits per heavy atom. The molecular formula is C21H28N4O3S. The quantitative estimate of drug-likeness (QED) is 0.672. The molecule has 4 rings (SSSR count). The van der Waals surface area contributed by atoms with Gasteiger partial charge < -0.3 is 18.9 Å². The van der Waals surface area contributed by atoms with Crippen LogP contribution in [0.5, 0.6) is 11.5 Å². The minimum Gasteiger partial charge on any atom is -0.454 e. The minimum atomic E-state index is 0.192. The maximum atomic E-state index is 12.8. The van der Waals surface area contributed by atoms with E-state index in [2.05, 4.69) is 40.4 Å². The molecule has 1 aromatic heterocycles. The maximum Gasteiger partial charge on any atom is 0.233 e. The second-order valence-corrected chi connectivity index (χ2v) is 8.67. The number of fused-ring (bicyclic) bond motifs is 1. The van der Waals surface area contributed by atoms with Gasteiger partial charge in [0, 0.05) is 25.0 Å². The molecule has 1 saturated heterocycles. The molecule has 1 aromatic carbocycles. The van der Waals surface area contributed by atoms with E-state index in [1.54, 1.807) is 0 Å². The maximum absolute atomic E-state index is 12.8. The molecule has 29 heavy (non-hydrogen) atoms. The summed E-state index contributed by atoms with van der Waals surface area (Å²) in [7, 11) is 0. The zero-order valence-electron chi connectivity index (χ0n) is 17.3. The third-order valence-corrected chi connectivity index (χ3v) is 6.67. The number of thioether (sulfide) groups is 1. The molecule has 0 N–H and O–H groups in total. The molecule has 2 atom stereocenters. The Morgan fingerprint density at radius 2 is 1.93 bits per heavy atom. The van der Waals surface area contributed by atoms with E-state index in [9.17, 15) is 4.79 Å². The molecule has 2 aromatic rings. The van der Waals surface area contributed by atoms with Crippen molar-refractivity contribution in [1.29, 1.82) is 0 Å². The molecule has 1 amide bonds. The number of nitrogens with zero attached hydrogens (tertiary/aromatic N) is 4. The summed E-state index contributed by atoms with van der Waals surface area (Å²) in [5, 5.41) is 9.55. The van der Waals surface area contributed by atoms with Crippen LogP contribution in [0, 0.1) is 0 Å². The van der Waals surface area contributed by atoms with Gasteiger partial charge in [-0.25, -0.2) is 0 Å². The van der Waals surface area contributed by atoms with E-state index < -0.39 is 0 Å². The van der Waals surface area contributed by atoms with Crippen LogP contribution in [0.2, 0.25) is 0 Å². The molecule has 0 unspecified atom stereocenters. The second-order valence-electron chi connectivity index (χ2n) is 7.73. The Bertz CT molecular complexity index is 875. The molecule has 2 aliphatic rings. The minimum absolute atomic E-state index is 0.192. The van der Waals surface area contributed by atoms with E-state index >= 15 is 0 Å². The Labute approximate surface area is 175 Å². The summed E-state index contributed by atoms with van der Waals surface area (Å²) in [6.07, 6.45) is 4.04. The Morgan fingerprint density at radius 3 is 2.69 bits per heavy atom. The topological polar surface area (TPSA) is 69.5 Å². The average Bonchev–Trinajstić information content (AvgIpc) is 3.32. The van der Waals surface area contributed by atoms with Gasteiger partial charge in [0.25, 0.3) is 0 Å². The third kappa shape index (κ3) is 4.22. The number of rotatable bonds is 6. The number of ether oxygens (including phenoxy) is 2. The van der Waals surface area contributed by atoms with Gasteiger partial charge >= 0.3 is 0 Å². The lowest BCUT2D eigenvalue weighted by molar-refractivity contribution is -0.134. The van der Waals surface area contributed by atoms with Crippen LogP contribution in [-0.2, 0) is 17.8 Å². The third-order valence-electron chi connectivity index (χ3n) is 5.72. The first kappa shape index (κ1) is 20.1. The summed E-state index contributed by atoms with van der Waals surface area (Å²) in [6, 6.07) is 6.58. The number of likely N-dealkylation sites (tertiary alicyclic amines) is 1. The summed E-state index contributed by atoms with van der Waals surface area (Å²) in [4.78, 5) is 14.9. The van der Waals surface area contributed by atoms with E-state index in [0.717, 1.165) is 47.4 Å². The second kappa shape index (κ2) is 8.65. The monoisotopic (exact) mass is 416 g/mol. The van der Waals surface area contributed by atoms with Crippen LogP contribution in [0.15, 0.2) is 23.4 Å². The lowest BCUT2D eigenvalue weighted by Gasteiger charge is -2.39. The molecule has 3 heterocycles. The van der Waals surface area contributed by atoms with Crippen molar-refractivity contribution in [2.24, 2.45) is 0 Å². The number of amides is 1. The molecule has 0 saturated carbocycles. The van der Waals surface area contributed by atoms with Crippen molar-refractivity contribution < 1.29 is 14.3 Å². The highest BCUT2D eigenvalue weighted by Gasteiger charge is 2.29. The zero-order valence-corrected chi connectivity index (χ0v) is 18.1. The fourth-order valence-electron chi connectivity index (χ4n) is 4.22. The number of hydrogen-bond donors (Lipinski definition) is 0. The number of carbonyl (C=O) groups is 1. The van der Waals surface area contributed by atoms with E-state index in [4.69, 9.17) is 9.47 Å². The summed E-state index contributed by atoms with van der Waals surface area (Å²) in [6.45, 7) is 7.41. The van der Waals surface area contributed by atoms with Crippen molar-refractivity contribution in [3.8, 4) is 11.5 Å². The van der Waals surface area contributed by atoms with E-state index in [0.29, 0.717) is 24.3 Å². The van der Waals surface area contributed by atoms with Gasteiger partial charge in [0.2, 0.25) is 12.7 Å². The first-order valence-corrected chi connectivity index (χ1v) is 11.3. The SMILES string of the molecule is CCn1c(Cc2ccc3c(c2)OCO3)nnc1SCC(=O)N1[C@H](C)CCC[C@@H]1C. The summed E-state index contributed by atoms with van der Waals surface area (Å²) >= 11 is 1.48. The number of carbonyl (C=O) groups excluding carboxylic acids is 1. The van der Waals surface area contributed by atoms with Crippen LogP contribution < -0.4 is 9.47 Å². The number of benzene rings is 1. The van der Waals surface area contributed by atoms with E-state index in [1.165, 1.54) is 18.2 Å². The normalized spacial score (nSPS) is 20.9. The van der Waals surface area contributed by atoms with Crippen molar-refractivity contribution in [3.63, 3.8) is 0 Å². The van der Waals surface area contributed by atoms with Crippen LogP contribution in [0.4, 0.5) is 0 Å². The average molecular weight is 417 g/mol. The number of hydrogen-bond acceptors (Lipinski definition) is 6. The van der Waals surface area contributed by atoms with Crippen LogP contribution in [0.1, 0.15) is 51.4 Å². The summed E-state index contributed by atoms with van der Waals surface area (Å²) in [5.74, 6) is 3.03. The first-order valence-electron chi connectivity index (χ1n) is 10.3. The standard InChI is InChI=1S/C21H28N4O3S/c1-4-24-19(11-16-8-9-17-18(10-16)28-13-27-17)22-23-21(24)29-12-20(26)25-14(2)6-5-7-15(25)3/h8-10,14-15H,4-7,11-13H2,1-3H3/t14-,15+. The molecule has 0 spiro atoms. The molecule has 0 aliphatic carbocycles. The fraction of sp³-hybridized carbons (Fsp3) is 0.571. The highest BCUT2D eigenvalue weighted by molar-refractivity contribution is 7.99. The van der Waals surface area contributed by atoms with Crippen molar-refractivity contribution in [3.05, 3.63) is 29.6 Å². The molecule has 1 fully saturated rings. The smallest absolute Gasteiger partial charge is 0.233 e. The van der Waals surface area contributed by atoms with Crippen molar-refractivity contribution >= 4 is 17.7 Å². The summed E-state index contributed by atoms with van der Waals surface area (Å²) in [5.41, 5.74) is 1.10. The zero-order chi connectivity index (χ0) is 20.4. The van der Waals surface area contributed by atoms with Gasteiger partial charge in [0.05, 0.1) is 5.75 Å². The predicted octanol–water partition coefficient (Wildman–Crippen LogP) is 3.50. The van der Waals surface area contributed by atoms with E-state index in [1.807, 2.05) is 18.2 Å². The van der Waals surface area contributed by atoms with Crippen LogP contribution in [0.25, 0.3) is 0 Å². The van der Waals surface area contributed by atoms with Crippen molar-refractivity contribution in [1.82, 2.24) is 19.7 Å². The number of piperidine rings is 1. The Kier molecular flexibility index (Phi) is 5.99. The molecule has 0 radical (unpaired) electrons. The van der Waals surface area contributed by atoms with Gasteiger partial charge in [-0.3, -0.25) is 4.79 Å². The van der Waals surface area contributed by atoms with Gasteiger partial charge in [-0.05, 0) is 57.7 Å². The van der Waals surface area contributed by atoms with E-state index in [-0.39, 0.29) is 12.7 Å². The van der Waals surface area contributed by atoms with Crippen LogP contribution >= 0.6 is 11.8 Å². The summed E-state index contributed by atoms with van der Waals surface area (Å²) < 4.78 is 12.9. The Hall–Kier alpha value is -2.22. The van der Waals surface area contributed by atoms with Crippen molar-refractivity contribution in [2.75, 3.05) is 12.5 Å². The molecular weight excluding hydrogens is 388 g/mol. The van der Waals surface area contributed by atoms with Gasteiger partial charge in [-0.2, -0.15) is 0 Å². The van der Waals surface area contributed by atoms with Gasteiger partial charge in [-0.1, -0.05) is 17.8 Å². The van der Waals surface area contributed by atoms with Crippen LogP contribution in [0.3, 0.4) is 0 Å². The van der Waals surface area contributed by atoms with Crippen LogP contribution in [-0.4, -0.2) is 50.2 Å². The largest absolute Gasteiger partial charge is 0.454 e. The number of aromatic nitrogens is 3. The fourth-order valence-corrected chi connectivity index (χ4v) is 5.11. The lowest BCUT2D eigenvalue weighted by Crippen LogP contribution is -2.48. The lowest BCUT2D eigenvalue weighted by atomic mass is 9.98. The molecule has 0 bridgehead atoms. The molecule has 7 nitrogen and oxygen atoms in total.